The van der Waals surface area contributed by atoms with Crippen LogP contribution in [0.3, 0.4) is 0 Å². The molecule has 1 aliphatic rings. The van der Waals surface area contributed by atoms with Crippen molar-refractivity contribution in [3.63, 3.8) is 0 Å². The van der Waals surface area contributed by atoms with Crippen LogP contribution in [0.15, 0.2) is 6.20 Å². The van der Waals surface area contributed by atoms with Gasteiger partial charge < -0.3 is 15.1 Å². The molecule has 0 spiro atoms. The summed E-state index contributed by atoms with van der Waals surface area (Å²) in [5, 5.41) is 24.8. The van der Waals surface area contributed by atoms with Gasteiger partial charge in [0.1, 0.15) is 6.54 Å². The van der Waals surface area contributed by atoms with Crippen LogP contribution in [0.25, 0.3) is 0 Å². The van der Waals surface area contributed by atoms with E-state index in [-0.39, 0.29) is 24.8 Å². The summed E-state index contributed by atoms with van der Waals surface area (Å²) in [5.41, 5.74) is 0.154. The first-order valence-corrected chi connectivity index (χ1v) is 6.34. The number of carbonyl (C=O) groups excluding carboxylic acids is 1. The van der Waals surface area contributed by atoms with Gasteiger partial charge in [0, 0.05) is 32.7 Å². The summed E-state index contributed by atoms with van der Waals surface area (Å²) >= 11 is 0. The Morgan fingerprint density at radius 1 is 1.25 bits per heavy atom. The third-order valence-electron chi connectivity index (χ3n) is 3.13. The van der Waals surface area contributed by atoms with Crippen molar-refractivity contribution < 1.29 is 19.8 Å². The first-order valence-electron chi connectivity index (χ1n) is 6.34. The highest BCUT2D eigenvalue weighted by molar-refractivity contribution is 5.92. The van der Waals surface area contributed by atoms with E-state index in [2.05, 4.69) is 15.2 Å². The van der Waals surface area contributed by atoms with Gasteiger partial charge in [-0.25, -0.2) is 4.68 Å². The number of aliphatic carboxylic acids is 1. The monoisotopic (exact) mass is 283 g/mol. The van der Waals surface area contributed by atoms with Crippen molar-refractivity contribution in [1.82, 2.24) is 24.8 Å². The predicted octanol–water partition coefficient (Wildman–Crippen LogP) is -1.89. The van der Waals surface area contributed by atoms with E-state index in [1.807, 2.05) is 0 Å². The van der Waals surface area contributed by atoms with E-state index in [9.17, 15) is 9.59 Å². The number of carbonyl (C=O) groups is 2. The van der Waals surface area contributed by atoms with Gasteiger partial charge in [0.05, 0.1) is 12.8 Å². The molecule has 0 aliphatic carbocycles. The first-order chi connectivity index (χ1) is 9.60. The highest BCUT2D eigenvalue weighted by Crippen LogP contribution is 2.06. The number of aliphatic hydroxyl groups is 1. The minimum Gasteiger partial charge on any atom is -0.480 e. The van der Waals surface area contributed by atoms with Gasteiger partial charge in [-0.15, -0.1) is 5.10 Å². The number of carboxylic acid groups (broad SMARTS) is 1. The number of amides is 1. The normalized spacial score (nSPS) is 16.4. The van der Waals surface area contributed by atoms with Gasteiger partial charge in [0.25, 0.3) is 5.91 Å². The second kappa shape index (κ2) is 6.44. The summed E-state index contributed by atoms with van der Waals surface area (Å²) in [6, 6.07) is 0. The first kappa shape index (κ1) is 14.4. The quantitative estimate of drug-likeness (QED) is 0.650. The van der Waals surface area contributed by atoms with Gasteiger partial charge in [-0.3, -0.25) is 14.5 Å². The van der Waals surface area contributed by atoms with Crippen molar-refractivity contribution in [3.05, 3.63) is 11.9 Å². The Morgan fingerprint density at radius 3 is 2.55 bits per heavy atom. The number of aromatic nitrogens is 3. The fourth-order valence-electron chi connectivity index (χ4n) is 2.09. The molecular weight excluding hydrogens is 266 g/mol. The lowest BCUT2D eigenvalue weighted by molar-refractivity contribution is -0.137. The maximum Gasteiger partial charge on any atom is 0.325 e. The number of rotatable bonds is 5. The van der Waals surface area contributed by atoms with E-state index in [0.717, 1.165) is 4.68 Å². The van der Waals surface area contributed by atoms with Crippen molar-refractivity contribution in [2.24, 2.45) is 0 Å². The molecule has 0 saturated carbocycles. The Hall–Kier alpha value is -2.00. The average Bonchev–Trinajstić information content (AvgIpc) is 2.87. The Bertz CT molecular complexity index is 481. The lowest BCUT2D eigenvalue weighted by atomic mass is 10.3. The fraction of sp³-hybridized carbons (Fsp3) is 0.636. The van der Waals surface area contributed by atoms with E-state index in [1.165, 1.54) is 6.20 Å². The fourth-order valence-corrected chi connectivity index (χ4v) is 2.09. The summed E-state index contributed by atoms with van der Waals surface area (Å²) in [6.45, 7) is 2.93. The van der Waals surface area contributed by atoms with Crippen LogP contribution in [0.2, 0.25) is 0 Å². The van der Waals surface area contributed by atoms with Gasteiger partial charge >= 0.3 is 5.97 Å². The molecule has 2 heterocycles. The highest BCUT2D eigenvalue weighted by Gasteiger charge is 2.23. The molecule has 0 aromatic carbocycles. The summed E-state index contributed by atoms with van der Waals surface area (Å²) in [6.07, 6.45) is 1.34. The minimum atomic E-state index is -1.04. The van der Waals surface area contributed by atoms with Gasteiger partial charge in [0.2, 0.25) is 0 Å². The molecular formula is C11H17N5O4. The van der Waals surface area contributed by atoms with Crippen LogP contribution < -0.4 is 0 Å². The molecule has 1 amide bonds. The molecule has 1 aromatic rings. The molecule has 1 fully saturated rings. The summed E-state index contributed by atoms with van der Waals surface area (Å²) in [7, 11) is 0. The van der Waals surface area contributed by atoms with Crippen LogP contribution in [-0.2, 0) is 11.3 Å². The lowest BCUT2D eigenvalue weighted by Gasteiger charge is -2.33. The van der Waals surface area contributed by atoms with Crippen molar-refractivity contribution in [1.29, 1.82) is 0 Å². The maximum absolute atomic E-state index is 12.2. The predicted molar refractivity (Wildman–Crippen MR) is 67.1 cm³/mol. The Balaban J connectivity index is 1.91. The molecule has 0 radical (unpaired) electrons. The van der Waals surface area contributed by atoms with Crippen molar-refractivity contribution in [2.75, 3.05) is 39.3 Å². The zero-order valence-corrected chi connectivity index (χ0v) is 11.0. The molecule has 1 saturated heterocycles. The molecule has 20 heavy (non-hydrogen) atoms. The topological polar surface area (TPSA) is 112 Å². The van der Waals surface area contributed by atoms with E-state index >= 15 is 0 Å². The minimum absolute atomic E-state index is 0.109. The Labute approximate surface area is 115 Å². The molecule has 0 bridgehead atoms. The van der Waals surface area contributed by atoms with E-state index < -0.39 is 5.97 Å². The zero-order valence-electron chi connectivity index (χ0n) is 11.0. The molecule has 0 atom stereocenters. The number of piperazine rings is 1. The smallest absolute Gasteiger partial charge is 0.325 e. The van der Waals surface area contributed by atoms with E-state index in [1.54, 1.807) is 4.90 Å². The van der Waals surface area contributed by atoms with E-state index in [4.69, 9.17) is 10.2 Å². The second-order valence-corrected chi connectivity index (χ2v) is 4.55. The molecule has 0 unspecified atom stereocenters. The molecule has 2 N–H and O–H groups in total. The molecule has 110 valence electrons. The zero-order chi connectivity index (χ0) is 14.5. The Kier molecular flexibility index (Phi) is 4.64. The van der Waals surface area contributed by atoms with Gasteiger partial charge in [-0.05, 0) is 0 Å². The Morgan fingerprint density at radius 2 is 1.95 bits per heavy atom. The third-order valence-corrected chi connectivity index (χ3v) is 3.13. The van der Waals surface area contributed by atoms with Crippen LogP contribution in [0.1, 0.15) is 10.5 Å². The number of hydrogen-bond donors (Lipinski definition) is 2. The van der Waals surface area contributed by atoms with Crippen LogP contribution in [0.4, 0.5) is 0 Å². The van der Waals surface area contributed by atoms with Crippen LogP contribution in [0.5, 0.6) is 0 Å². The average molecular weight is 283 g/mol. The molecule has 9 heteroatoms. The van der Waals surface area contributed by atoms with Crippen LogP contribution in [0, 0.1) is 0 Å². The SMILES string of the molecule is O=C(O)Cn1cc(C(=O)N2CCN(CCO)CC2)nn1. The standard InChI is InChI=1S/C11H17N5O4/c17-6-5-14-1-3-15(4-2-14)11(20)9-7-16(13-12-9)8-10(18)19/h7,17H,1-6,8H2,(H,18,19). The van der Waals surface area contributed by atoms with Gasteiger partial charge in [-0.2, -0.15) is 0 Å². The molecule has 9 nitrogen and oxygen atoms in total. The molecule has 2 rings (SSSR count). The lowest BCUT2D eigenvalue weighted by Crippen LogP contribution is -2.49. The summed E-state index contributed by atoms with van der Waals surface area (Å²) < 4.78 is 1.12. The number of hydrogen-bond acceptors (Lipinski definition) is 6. The van der Waals surface area contributed by atoms with Gasteiger partial charge in [0.15, 0.2) is 5.69 Å². The number of carboxylic acids is 1. The van der Waals surface area contributed by atoms with Crippen molar-refractivity contribution in [3.8, 4) is 0 Å². The van der Waals surface area contributed by atoms with Crippen LogP contribution >= 0.6 is 0 Å². The molecule has 1 aromatic heterocycles. The summed E-state index contributed by atoms with van der Waals surface area (Å²) in [4.78, 5) is 26.4. The van der Waals surface area contributed by atoms with Gasteiger partial charge in [-0.1, -0.05) is 5.21 Å². The third kappa shape index (κ3) is 3.52. The number of nitrogens with zero attached hydrogens (tertiary/aromatic N) is 5. The molecule has 1 aliphatic heterocycles. The highest BCUT2D eigenvalue weighted by atomic mass is 16.4. The van der Waals surface area contributed by atoms with Crippen molar-refractivity contribution in [2.45, 2.75) is 6.54 Å². The van der Waals surface area contributed by atoms with Crippen molar-refractivity contribution >= 4 is 11.9 Å². The summed E-state index contributed by atoms with van der Waals surface area (Å²) in [5.74, 6) is -1.28. The van der Waals surface area contributed by atoms with Crippen LogP contribution in [-0.4, -0.2) is 86.2 Å². The maximum atomic E-state index is 12.2. The second-order valence-electron chi connectivity index (χ2n) is 4.55. The number of β-amino-alcohol motifs (C(OH)–C–C–N with tert-alkyl or cyclic N) is 1. The largest absolute Gasteiger partial charge is 0.480 e. The van der Waals surface area contributed by atoms with E-state index in [0.29, 0.717) is 32.7 Å². The number of aliphatic hydroxyl groups excluding tert-OH is 1.